The summed E-state index contributed by atoms with van der Waals surface area (Å²) in [5.41, 5.74) is 0.166. The SMILES string of the molecule is CC(C)(CCS(=O)(=O)Cl)NC(=O)OCc1ccccc1. The second-order valence-corrected chi connectivity index (χ2v) is 7.96. The van der Waals surface area contributed by atoms with Gasteiger partial charge in [0.25, 0.3) is 0 Å². The van der Waals surface area contributed by atoms with Gasteiger partial charge in [0.15, 0.2) is 0 Å². The molecule has 0 atom stereocenters. The van der Waals surface area contributed by atoms with E-state index >= 15 is 0 Å². The first-order valence-corrected chi connectivity index (χ1v) is 8.57. The van der Waals surface area contributed by atoms with Gasteiger partial charge in [0, 0.05) is 16.2 Å². The molecule has 0 radical (unpaired) electrons. The monoisotopic (exact) mass is 319 g/mol. The second-order valence-electron chi connectivity index (χ2n) is 5.06. The van der Waals surface area contributed by atoms with Crippen LogP contribution in [-0.2, 0) is 20.4 Å². The summed E-state index contributed by atoms with van der Waals surface area (Å²) in [5, 5.41) is 2.61. The number of alkyl carbamates (subject to hydrolysis) is 1. The van der Waals surface area contributed by atoms with E-state index in [4.69, 9.17) is 15.4 Å². The Hall–Kier alpha value is -1.27. The molecule has 0 heterocycles. The van der Waals surface area contributed by atoms with Gasteiger partial charge in [-0.1, -0.05) is 30.3 Å². The summed E-state index contributed by atoms with van der Waals surface area (Å²) in [5.74, 6) is -0.208. The Kier molecular flexibility index (Phi) is 5.83. The van der Waals surface area contributed by atoms with E-state index in [1.165, 1.54) is 0 Å². The van der Waals surface area contributed by atoms with Crippen LogP contribution in [0.2, 0.25) is 0 Å². The summed E-state index contributed by atoms with van der Waals surface area (Å²) >= 11 is 0. The number of carbonyl (C=O) groups excluding carboxylic acids is 1. The van der Waals surface area contributed by atoms with Crippen LogP contribution < -0.4 is 5.32 Å². The number of carbonyl (C=O) groups is 1. The summed E-state index contributed by atoms with van der Waals surface area (Å²) in [6, 6.07) is 9.27. The van der Waals surface area contributed by atoms with Crippen LogP contribution in [0.3, 0.4) is 0 Å². The highest BCUT2D eigenvalue weighted by Gasteiger charge is 2.23. The highest BCUT2D eigenvalue weighted by Crippen LogP contribution is 2.12. The summed E-state index contributed by atoms with van der Waals surface area (Å²) in [4.78, 5) is 11.6. The molecule has 0 bridgehead atoms. The third-order valence-corrected chi connectivity index (χ3v) is 3.78. The minimum Gasteiger partial charge on any atom is -0.445 e. The molecule has 5 nitrogen and oxygen atoms in total. The third kappa shape index (κ3) is 7.35. The van der Waals surface area contributed by atoms with E-state index in [2.05, 4.69) is 5.32 Å². The average Bonchev–Trinajstić information content (AvgIpc) is 2.34. The van der Waals surface area contributed by atoms with Crippen LogP contribution in [-0.4, -0.2) is 25.8 Å². The lowest BCUT2D eigenvalue weighted by molar-refractivity contribution is 0.129. The molecule has 0 spiro atoms. The molecule has 20 heavy (non-hydrogen) atoms. The Morgan fingerprint density at radius 3 is 2.45 bits per heavy atom. The van der Waals surface area contributed by atoms with Crippen molar-refractivity contribution < 1.29 is 17.9 Å². The normalized spacial score (nSPS) is 11.9. The van der Waals surface area contributed by atoms with Gasteiger partial charge in [-0.2, -0.15) is 0 Å². The zero-order valence-electron chi connectivity index (χ0n) is 11.4. The van der Waals surface area contributed by atoms with Gasteiger partial charge in [-0.3, -0.25) is 0 Å². The predicted molar refractivity (Wildman–Crippen MR) is 78.1 cm³/mol. The van der Waals surface area contributed by atoms with E-state index in [-0.39, 0.29) is 18.8 Å². The number of rotatable bonds is 6. The molecule has 0 saturated carbocycles. The Labute approximate surface area is 123 Å². The first kappa shape index (κ1) is 16.8. The fourth-order valence-electron chi connectivity index (χ4n) is 1.48. The van der Waals surface area contributed by atoms with Crippen LogP contribution in [0.25, 0.3) is 0 Å². The number of ether oxygens (including phenoxy) is 1. The number of halogens is 1. The molecule has 0 aliphatic carbocycles. The molecule has 0 aromatic heterocycles. The van der Waals surface area contributed by atoms with Crippen LogP contribution in [0.4, 0.5) is 4.79 Å². The summed E-state index contributed by atoms with van der Waals surface area (Å²) in [7, 11) is 1.58. The summed E-state index contributed by atoms with van der Waals surface area (Å²) < 4.78 is 26.9. The molecule has 1 aromatic rings. The quantitative estimate of drug-likeness (QED) is 0.818. The number of hydrogen-bond donors (Lipinski definition) is 1. The lowest BCUT2D eigenvalue weighted by Gasteiger charge is -2.25. The van der Waals surface area contributed by atoms with Gasteiger partial charge < -0.3 is 10.1 Å². The van der Waals surface area contributed by atoms with Gasteiger partial charge in [-0.15, -0.1) is 0 Å². The molecular formula is C13H18ClNO4S. The zero-order valence-corrected chi connectivity index (χ0v) is 13.0. The lowest BCUT2D eigenvalue weighted by Crippen LogP contribution is -2.44. The van der Waals surface area contributed by atoms with Gasteiger partial charge in [0.1, 0.15) is 6.61 Å². The highest BCUT2D eigenvalue weighted by atomic mass is 35.7. The third-order valence-electron chi connectivity index (χ3n) is 2.62. The van der Waals surface area contributed by atoms with Gasteiger partial charge in [0.05, 0.1) is 5.75 Å². The van der Waals surface area contributed by atoms with E-state index in [0.29, 0.717) is 0 Å². The van der Waals surface area contributed by atoms with Crippen molar-refractivity contribution in [2.45, 2.75) is 32.4 Å². The van der Waals surface area contributed by atoms with E-state index in [9.17, 15) is 13.2 Å². The van der Waals surface area contributed by atoms with Crippen molar-refractivity contribution in [1.29, 1.82) is 0 Å². The topological polar surface area (TPSA) is 72.5 Å². The minimum absolute atomic E-state index is 0.163. The van der Waals surface area contributed by atoms with Gasteiger partial charge in [0.2, 0.25) is 9.05 Å². The maximum absolute atomic E-state index is 11.6. The molecule has 1 rings (SSSR count). The average molecular weight is 320 g/mol. The molecule has 7 heteroatoms. The molecule has 0 saturated heterocycles. The van der Waals surface area contributed by atoms with E-state index in [1.807, 2.05) is 30.3 Å². The molecule has 0 fully saturated rings. The predicted octanol–water partition coefficient (Wildman–Crippen LogP) is 2.65. The molecule has 1 amide bonds. The summed E-state index contributed by atoms with van der Waals surface area (Å²) in [6.45, 7) is 3.58. The first-order chi connectivity index (χ1) is 9.18. The number of nitrogens with one attached hydrogen (secondary N) is 1. The van der Waals surface area contributed by atoms with E-state index in [0.717, 1.165) is 5.56 Å². The van der Waals surface area contributed by atoms with Crippen LogP contribution in [0.15, 0.2) is 30.3 Å². The van der Waals surface area contributed by atoms with Crippen LogP contribution in [0.5, 0.6) is 0 Å². The van der Waals surface area contributed by atoms with Crippen molar-refractivity contribution >= 4 is 25.8 Å². The van der Waals surface area contributed by atoms with Gasteiger partial charge >= 0.3 is 6.09 Å². The number of hydrogen-bond acceptors (Lipinski definition) is 4. The standard InChI is InChI=1S/C13H18ClNO4S/c1-13(2,8-9-20(14,17)18)15-12(16)19-10-11-6-4-3-5-7-11/h3-7H,8-10H2,1-2H3,(H,15,16). The van der Waals surface area contributed by atoms with Crippen LogP contribution in [0, 0.1) is 0 Å². The Morgan fingerprint density at radius 2 is 1.90 bits per heavy atom. The second kappa shape index (κ2) is 6.95. The highest BCUT2D eigenvalue weighted by molar-refractivity contribution is 8.13. The Bertz CT molecular complexity index is 543. The maximum Gasteiger partial charge on any atom is 0.407 e. The minimum atomic E-state index is -3.57. The van der Waals surface area contributed by atoms with Gasteiger partial charge in [-0.05, 0) is 25.8 Å². The van der Waals surface area contributed by atoms with Gasteiger partial charge in [-0.25, -0.2) is 13.2 Å². The largest absolute Gasteiger partial charge is 0.445 e. The van der Waals surface area contributed by atoms with E-state index in [1.54, 1.807) is 13.8 Å². The maximum atomic E-state index is 11.6. The zero-order chi connectivity index (χ0) is 15.2. The molecule has 1 aromatic carbocycles. The van der Waals surface area contributed by atoms with Crippen LogP contribution in [0.1, 0.15) is 25.8 Å². The summed E-state index contributed by atoms with van der Waals surface area (Å²) in [6.07, 6.45) is -0.384. The fourth-order valence-corrected chi connectivity index (χ4v) is 2.46. The number of amides is 1. The molecular weight excluding hydrogens is 302 g/mol. The van der Waals surface area contributed by atoms with Crippen molar-refractivity contribution in [2.24, 2.45) is 0 Å². The fraction of sp³-hybridized carbons (Fsp3) is 0.462. The van der Waals surface area contributed by atoms with Crippen molar-refractivity contribution in [2.75, 3.05) is 5.75 Å². The van der Waals surface area contributed by atoms with E-state index < -0.39 is 20.7 Å². The van der Waals surface area contributed by atoms with Crippen molar-refractivity contribution in [1.82, 2.24) is 5.32 Å². The van der Waals surface area contributed by atoms with Crippen molar-refractivity contribution in [3.8, 4) is 0 Å². The van der Waals surface area contributed by atoms with Crippen LogP contribution >= 0.6 is 10.7 Å². The lowest BCUT2D eigenvalue weighted by atomic mass is 10.0. The molecule has 0 aliphatic rings. The molecule has 112 valence electrons. The molecule has 0 aliphatic heterocycles. The smallest absolute Gasteiger partial charge is 0.407 e. The first-order valence-electron chi connectivity index (χ1n) is 6.09. The molecule has 0 unspecified atom stereocenters. The Balaban J connectivity index is 2.41. The number of benzene rings is 1. The van der Waals surface area contributed by atoms with Crippen molar-refractivity contribution in [3.63, 3.8) is 0 Å². The molecule has 1 N–H and O–H groups in total. The Morgan fingerprint density at radius 1 is 1.30 bits per heavy atom. The van der Waals surface area contributed by atoms with Crippen molar-refractivity contribution in [3.05, 3.63) is 35.9 Å².